The fourth-order valence-corrected chi connectivity index (χ4v) is 11.3. The van der Waals surface area contributed by atoms with Crippen LogP contribution in [0.1, 0.15) is 22.3 Å². The molecule has 292 valence electrons. The zero-order valence-corrected chi connectivity index (χ0v) is 34.5. The van der Waals surface area contributed by atoms with Crippen LogP contribution in [0.5, 0.6) is 0 Å². The van der Waals surface area contributed by atoms with Crippen LogP contribution in [0, 0.1) is 5.82 Å². The summed E-state index contributed by atoms with van der Waals surface area (Å²) < 4.78 is 16.4. The van der Waals surface area contributed by atoms with Crippen LogP contribution in [0.4, 0.5) is 21.5 Å². The second kappa shape index (κ2) is 14.6. The number of halogens is 1. The molecule has 0 atom stereocenters. The minimum atomic E-state index is -0.485. The van der Waals surface area contributed by atoms with Crippen molar-refractivity contribution in [2.75, 3.05) is 4.90 Å². The highest BCUT2D eigenvalue weighted by molar-refractivity contribution is 7.27. The molecule has 0 saturated carbocycles. The molecule has 1 aromatic heterocycles. The van der Waals surface area contributed by atoms with E-state index in [1.165, 1.54) is 76.5 Å². The molecule has 1 aliphatic rings. The Hall–Kier alpha value is -7.59. The van der Waals surface area contributed by atoms with Crippen molar-refractivity contribution in [3.63, 3.8) is 0 Å². The molecule has 0 fully saturated rings. The van der Waals surface area contributed by atoms with Gasteiger partial charge in [-0.1, -0.05) is 182 Å². The Morgan fingerprint density at radius 1 is 0.371 bits per heavy atom. The largest absolute Gasteiger partial charge is 0.309 e. The van der Waals surface area contributed by atoms with Gasteiger partial charge in [0.1, 0.15) is 5.82 Å². The first-order valence-corrected chi connectivity index (χ1v) is 21.9. The van der Waals surface area contributed by atoms with Gasteiger partial charge in [-0.05, 0) is 115 Å². The average molecular weight is 812 g/mol. The second-order valence-corrected chi connectivity index (χ2v) is 17.2. The monoisotopic (exact) mass is 811 g/mol. The Kier molecular flexibility index (Phi) is 8.51. The van der Waals surface area contributed by atoms with Crippen molar-refractivity contribution in [2.24, 2.45) is 0 Å². The van der Waals surface area contributed by atoms with Gasteiger partial charge in [-0.25, -0.2) is 4.39 Å². The predicted molar refractivity (Wildman–Crippen MR) is 260 cm³/mol. The molecule has 0 aliphatic heterocycles. The van der Waals surface area contributed by atoms with Crippen molar-refractivity contribution in [3.05, 3.63) is 259 Å². The van der Waals surface area contributed by atoms with Crippen molar-refractivity contribution in [1.82, 2.24) is 0 Å². The van der Waals surface area contributed by atoms with Crippen LogP contribution in [0.25, 0.3) is 64.3 Å². The van der Waals surface area contributed by atoms with E-state index in [1.807, 2.05) is 23.5 Å². The number of thiophene rings is 1. The van der Waals surface area contributed by atoms with E-state index < -0.39 is 5.41 Å². The van der Waals surface area contributed by atoms with Gasteiger partial charge < -0.3 is 4.90 Å². The summed E-state index contributed by atoms with van der Waals surface area (Å²) in [6.07, 6.45) is 0. The van der Waals surface area contributed by atoms with Crippen LogP contribution >= 0.6 is 11.3 Å². The molecule has 62 heavy (non-hydrogen) atoms. The van der Waals surface area contributed by atoms with Crippen molar-refractivity contribution in [3.8, 4) is 33.4 Å². The number of anilines is 3. The number of fused-ring (bicyclic) bond motifs is 8. The maximum Gasteiger partial charge on any atom is 0.123 e. The minimum absolute atomic E-state index is 0.237. The van der Waals surface area contributed by atoms with Crippen LogP contribution in [0.15, 0.2) is 231 Å². The van der Waals surface area contributed by atoms with Gasteiger partial charge in [-0.2, -0.15) is 0 Å². The maximum atomic E-state index is 13.9. The fraction of sp³-hybridized carbons (Fsp3) is 0.0169. The Bertz CT molecular complexity index is 3420. The molecule has 0 spiro atoms. The van der Waals surface area contributed by atoms with Crippen molar-refractivity contribution >= 4 is 59.3 Å². The first kappa shape index (κ1) is 36.3. The van der Waals surface area contributed by atoms with Crippen LogP contribution in [0.3, 0.4) is 0 Å². The molecule has 0 unspecified atom stereocenters. The van der Waals surface area contributed by atoms with E-state index in [2.05, 4.69) is 211 Å². The molecule has 0 bridgehead atoms. The second-order valence-electron chi connectivity index (χ2n) is 16.1. The number of rotatable bonds is 7. The lowest BCUT2D eigenvalue weighted by atomic mass is 9.67. The standard InChI is InChI=1S/C59H38FNS/c60-46-31-25-39(26-32-46)40-27-33-47(34-28-40)61(56-24-12-22-52-53-36-29-41-13-7-8-20-49(41)57(53)62-58(52)56)48-19-11-14-42(37-48)43-30-35-51-50-21-9-10-23-54(50)59(55(51)38-43,44-15-3-1-4-16-44)45-17-5-2-6-18-45/h1-38H. The summed E-state index contributed by atoms with van der Waals surface area (Å²) in [6.45, 7) is 0. The summed E-state index contributed by atoms with van der Waals surface area (Å²) in [5, 5.41) is 5.03. The van der Waals surface area contributed by atoms with Gasteiger partial charge in [0.25, 0.3) is 0 Å². The summed E-state index contributed by atoms with van der Waals surface area (Å²) in [5.74, 6) is -0.237. The zero-order chi connectivity index (χ0) is 41.2. The molecule has 11 aromatic rings. The predicted octanol–water partition coefficient (Wildman–Crippen LogP) is 16.5. The molecule has 1 aliphatic carbocycles. The first-order valence-electron chi connectivity index (χ1n) is 21.1. The van der Waals surface area contributed by atoms with Crippen LogP contribution in [-0.4, -0.2) is 0 Å². The third-order valence-electron chi connectivity index (χ3n) is 12.8. The maximum absolute atomic E-state index is 13.9. The molecule has 12 rings (SSSR count). The van der Waals surface area contributed by atoms with Gasteiger partial charge in [0, 0.05) is 26.8 Å². The lowest BCUT2D eigenvalue weighted by molar-refractivity contribution is 0.628. The first-order chi connectivity index (χ1) is 30.6. The highest BCUT2D eigenvalue weighted by Crippen LogP contribution is 2.57. The quantitative estimate of drug-likeness (QED) is 0.155. The Labute approximate surface area is 364 Å². The smallest absolute Gasteiger partial charge is 0.123 e. The SMILES string of the molecule is Fc1ccc(-c2ccc(N(c3cccc(-c4ccc5c(c4)C(c4ccccc4)(c4ccccc4)c4ccccc4-5)c3)c3cccc4c3sc3c5ccccc5ccc43)cc2)cc1. The lowest BCUT2D eigenvalue weighted by Gasteiger charge is -2.34. The number of hydrogen-bond acceptors (Lipinski definition) is 2. The molecule has 1 nitrogen and oxygen atoms in total. The Balaban J connectivity index is 1.05. The summed E-state index contributed by atoms with van der Waals surface area (Å²) in [7, 11) is 0. The highest BCUT2D eigenvalue weighted by Gasteiger charge is 2.46. The summed E-state index contributed by atoms with van der Waals surface area (Å²) in [5.41, 5.74) is 14.7. The normalized spacial score (nSPS) is 12.7. The van der Waals surface area contributed by atoms with E-state index in [4.69, 9.17) is 0 Å². The molecular weight excluding hydrogens is 774 g/mol. The third kappa shape index (κ3) is 5.66. The van der Waals surface area contributed by atoms with Gasteiger partial charge in [-0.15, -0.1) is 11.3 Å². The zero-order valence-electron chi connectivity index (χ0n) is 33.7. The molecule has 0 amide bonds. The van der Waals surface area contributed by atoms with Gasteiger partial charge in [-0.3, -0.25) is 0 Å². The lowest BCUT2D eigenvalue weighted by Crippen LogP contribution is -2.28. The minimum Gasteiger partial charge on any atom is -0.309 e. The molecule has 3 heteroatoms. The average Bonchev–Trinajstić information content (AvgIpc) is 3.87. The van der Waals surface area contributed by atoms with Gasteiger partial charge in [0.15, 0.2) is 0 Å². The number of benzene rings is 10. The van der Waals surface area contributed by atoms with E-state index in [-0.39, 0.29) is 5.82 Å². The van der Waals surface area contributed by atoms with E-state index in [0.29, 0.717) is 0 Å². The van der Waals surface area contributed by atoms with Crippen molar-refractivity contribution in [2.45, 2.75) is 5.41 Å². The molecule has 0 radical (unpaired) electrons. The van der Waals surface area contributed by atoms with Gasteiger partial charge >= 0.3 is 0 Å². The summed E-state index contributed by atoms with van der Waals surface area (Å²) in [6, 6.07) is 82.2. The van der Waals surface area contributed by atoms with E-state index in [1.54, 1.807) is 0 Å². The Morgan fingerprint density at radius 2 is 0.968 bits per heavy atom. The Morgan fingerprint density at radius 3 is 1.74 bits per heavy atom. The summed E-state index contributed by atoms with van der Waals surface area (Å²) in [4.78, 5) is 2.40. The van der Waals surface area contributed by atoms with E-state index in [9.17, 15) is 4.39 Å². The van der Waals surface area contributed by atoms with Crippen LogP contribution < -0.4 is 4.90 Å². The van der Waals surface area contributed by atoms with Crippen LogP contribution in [-0.2, 0) is 5.41 Å². The molecular formula is C59H38FNS. The van der Waals surface area contributed by atoms with Gasteiger partial charge in [0.05, 0.1) is 15.8 Å². The summed E-state index contributed by atoms with van der Waals surface area (Å²) >= 11 is 1.86. The third-order valence-corrected chi connectivity index (χ3v) is 14.1. The molecule has 0 N–H and O–H groups in total. The molecule has 0 saturated heterocycles. The number of nitrogens with zero attached hydrogens (tertiary/aromatic N) is 1. The topological polar surface area (TPSA) is 3.24 Å². The van der Waals surface area contributed by atoms with Gasteiger partial charge in [0.2, 0.25) is 0 Å². The number of hydrogen-bond donors (Lipinski definition) is 0. The van der Waals surface area contributed by atoms with Crippen LogP contribution in [0.2, 0.25) is 0 Å². The van der Waals surface area contributed by atoms with Crippen molar-refractivity contribution in [1.29, 1.82) is 0 Å². The van der Waals surface area contributed by atoms with Crippen molar-refractivity contribution < 1.29 is 4.39 Å². The van der Waals surface area contributed by atoms with E-state index in [0.717, 1.165) is 39.3 Å². The molecule has 1 heterocycles. The fourth-order valence-electron chi connectivity index (χ4n) is 10.0. The highest BCUT2D eigenvalue weighted by atomic mass is 32.1. The molecule has 10 aromatic carbocycles. The van der Waals surface area contributed by atoms with E-state index >= 15 is 0 Å².